The molecule has 0 amide bonds. The van der Waals surface area contributed by atoms with Crippen LogP contribution in [0.25, 0.3) is 0 Å². The summed E-state index contributed by atoms with van der Waals surface area (Å²) in [6.07, 6.45) is -5.32. The maximum absolute atomic E-state index is 12.9. The molecule has 0 fully saturated rings. The first kappa shape index (κ1) is 17.8. The summed E-state index contributed by atoms with van der Waals surface area (Å²) in [4.78, 5) is 27.7. The Morgan fingerprint density at radius 1 is 1.23 bits per heavy atom. The van der Waals surface area contributed by atoms with E-state index in [4.69, 9.17) is 4.89 Å². The van der Waals surface area contributed by atoms with E-state index in [9.17, 15) is 38.0 Å². The smallest absolute Gasteiger partial charge is 0.396 e. The van der Waals surface area contributed by atoms with Crippen LogP contribution in [0.15, 0.2) is 12.1 Å². The second kappa shape index (κ2) is 5.87. The predicted octanol–water partition coefficient (Wildman–Crippen LogP) is 2.65. The molecular weight excluding hydrogens is 340 g/mol. The zero-order valence-corrected chi connectivity index (χ0v) is 11.3. The molecular formula is C8H6F3N2O8P. The average molecular weight is 346 g/mol. The van der Waals surface area contributed by atoms with Crippen LogP contribution in [0.4, 0.5) is 24.5 Å². The summed E-state index contributed by atoms with van der Waals surface area (Å²) in [7, 11) is -4.46. The minimum absolute atomic E-state index is 0.0575. The Labute approximate surface area is 119 Å². The van der Waals surface area contributed by atoms with Gasteiger partial charge in [-0.3, -0.25) is 29.6 Å². The Bertz CT molecular complexity index is 676. The van der Waals surface area contributed by atoms with Crippen LogP contribution in [0, 0.1) is 20.2 Å². The third-order valence-corrected chi connectivity index (χ3v) is 3.08. The Kier molecular flexibility index (Phi) is 4.75. The van der Waals surface area contributed by atoms with Gasteiger partial charge in [-0.05, 0) is 0 Å². The largest absolute Gasteiger partial charge is 0.527 e. The molecule has 0 spiro atoms. The fourth-order valence-electron chi connectivity index (χ4n) is 1.30. The maximum Gasteiger partial charge on any atom is 0.527 e. The Balaban J connectivity index is 3.73. The summed E-state index contributed by atoms with van der Waals surface area (Å²) < 4.78 is 57.8. The molecule has 10 nitrogen and oxygen atoms in total. The standard InChI is InChI=1S/C8H6F3N2O8P/c1-20-22(18,19)21-7-5(8(9,10)11)2-4(12(14)15)3-6(7)13(16)17/h2-3H,1H3,(H,18,19). The fourth-order valence-corrected chi connectivity index (χ4v) is 1.80. The van der Waals surface area contributed by atoms with Crippen LogP contribution in [-0.4, -0.2) is 21.8 Å². The van der Waals surface area contributed by atoms with Crippen molar-refractivity contribution >= 4 is 19.2 Å². The molecule has 0 bridgehead atoms. The van der Waals surface area contributed by atoms with E-state index in [0.717, 1.165) is 0 Å². The highest BCUT2D eigenvalue weighted by Gasteiger charge is 2.43. The summed E-state index contributed by atoms with van der Waals surface area (Å²) in [6.45, 7) is 0. The van der Waals surface area contributed by atoms with E-state index in [2.05, 4.69) is 9.05 Å². The van der Waals surface area contributed by atoms with E-state index in [-0.39, 0.29) is 12.1 Å². The highest BCUT2D eigenvalue weighted by molar-refractivity contribution is 7.47. The first-order valence-corrected chi connectivity index (χ1v) is 6.50. The van der Waals surface area contributed by atoms with Gasteiger partial charge in [0.1, 0.15) is 5.56 Å². The van der Waals surface area contributed by atoms with Crippen LogP contribution in [0.5, 0.6) is 5.75 Å². The SMILES string of the molecule is COP(=O)(O)Oc1c([N+](=O)[O-])cc([N+](=O)[O-])cc1C(F)(F)F. The van der Waals surface area contributed by atoms with Gasteiger partial charge in [0.2, 0.25) is 5.75 Å². The normalized spacial score (nSPS) is 14.2. The second-order valence-electron chi connectivity index (χ2n) is 3.60. The highest BCUT2D eigenvalue weighted by Crippen LogP contribution is 2.51. The molecule has 0 aromatic heterocycles. The highest BCUT2D eigenvalue weighted by atomic mass is 31.2. The first-order valence-electron chi connectivity index (χ1n) is 5.01. The quantitative estimate of drug-likeness (QED) is 0.487. The Morgan fingerprint density at radius 3 is 2.14 bits per heavy atom. The average Bonchev–Trinajstić information content (AvgIpc) is 2.36. The number of phosphoric acid groups is 1. The lowest BCUT2D eigenvalue weighted by Gasteiger charge is -2.15. The van der Waals surface area contributed by atoms with Crippen LogP contribution >= 0.6 is 7.82 Å². The second-order valence-corrected chi connectivity index (χ2v) is 5.08. The Morgan fingerprint density at radius 2 is 1.77 bits per heavy atom. The van der Waals surface area contributed by atoms with E-state index in [1.54, 1.807) is 0 Å². The molecule has 1 atom stereocenters. The molecule has 0 radical (unpaired) electrons. The lowest BCUT2D eigenvalue weighted by atomic mass is 10.1. The molecule has 0 aliphatic carbocycles. The minimum Gasteiger partial charge on any atom is -0.396 e. The zero-order valence-electron chi connectivity index (χ0n) is 10.4. The number of nitrogens with zero attached hydrogens (tertiary/aromatic N) is 2. The van der Waals surface area contributed by atoms with Crippen molar-refractivity contribution in [2.24, 2.45) is 0 Å². The molecule has 1 aromatic carbocycles. The lowest BCUT2D eigenvalue weighted by molar-refractivity contribution is -0.395. The number of rotatable bonds is 5. The summed E-state index contributed by atoms with van der Waals surface area (Å²) in [5, 5.41) is 21.3. The first-order chi connectivity index (χ1) is 9.89. The molecule has 1 unspecified atom stereocenters. The van der Waals surface area contributed by atoms with Crippen LogP contribution in [0.2, 0.25) is 0 Å². The fraction of sp³-hybridized carbons (Fsp3) is 0.250. The molecule has 0 heterocycles. The minimum atomic E-state index is -5.32. The molecule has 1 rings (SSSR count). The molecule has 0 aliphatic rings. The van der Waals surface area contributed by atoms with E-state index < -0.39 is 46.5 Å². The molecule has 0 saturated heterocycles. The van der Waals surface area contributed by atoms with E-state index >= 15 is 0 Å². The van der Waals surface area contributed by atoms with Crippen molar-refractivity contribution in [3.63, 3.8) is 0 Å². The number of alkyl halides is 3. The number of benzene rings is 1. The summed E-state index contributed by atoms with van der Waals surface area (Å²) in [5.41, 5.74) is -4.70. The summed E-state index contributed by atoms with van der Waals surface area (Å²) in [6, 6.07) is 0.109. The van der Waals surface area contributed by atoms with Gasteiger partial charge in [-0.1, -0.05) is 0 Å². The van der Waals surface area contributed by atoms with Gasteiger partial charge in [0.25, 0.3) is 5.69 Å². The third-order valence-electron chi connectivity index (χ3n) is 2.20. The van der Waals surface area contributed by atoms with E-state index in [1.165, 1.54) is 0 Å². The zero-order chi connectivity index (χ0) is 17.3. The molecule has 14 heteroatoms. The lowest BCUT2D eigenvalue weighted by Crippen LogP contribution is -2.11. The van der Waals surface area contributed by atoms with Gasteiger partial charge in [-0.2, -0.15) is 13.2 Å². The van der Waals surface area contributed by atoms with Crippen molar-refractivity contribution in [1.29, 1.82) is 0 Å². The maximum atomic E-state index is 12.9. The number of non-ortho nitro benzene ring substituents is 1. The van der Waals surface area contributed by atoms with Crippen molar-refractivity contribution in [2.75, 3.05) is 7.11 Å². The number of nitro benzene ring substituents is 2. The van der Waals surface area contributed by atoms with Crippen molar-refractivity contribution < 1.29 is 41.5 Å². The molecule has 22 heavy (non-hydrogen) atoms. The van der Waals surface area contributed by atoms with Crippen molar-refractivity contribution in [2.45, 2.75) is 6.18 Å². The van der Waals surface area contributed by atoms with Crippen molar-refractivity contribution in [3.05, 3.63) is 37.9 Å². The third kappa shape index (κ3) is 3.90. The van der Waals surface area contributed by atoms with Crippen LogP contribution in [0.3, 0.4) is 0 Å². The topological polar surface area (TPSA) is 142 Å². The molecule has 0 aliphatic heterocycles. The summed E-state index contributed by atoms with van der Waals surface area (Å²) >= 11 is 0. The van der Waals surface area contributed by atoms with Crippen molar-refractivity contribution in [3.8, 4) is 5.75 Å². The number of phosphoric ester groups is 1. The summed E-state index contributed by atoms with van der Waals surface area (Å²) in [5.74, 6) is -1.66. The monoisotopic (exact) mass is 346 g/mol. The van der Waals surface area contributed by atoms with Crippen LogP contribution < -0.4 is 4.52 Å². The van der Waals surface area contributed by atoms with Gasteiger partial charge < -0.3 is 4.52 Å². The molecule has 1 N–H and O–H groups in total. The molecule has 122 valence electrons. The van der Waals surface area contributed by atoms with Gasteiger partial charge in [-0.25, -0.2) is 4.57 Å². The van der Waals surface area contributed by atoms with Gasteiger partial charge in [0.05, 0.1) is 15.9 Å². The predicted molar refractivity (Wildman–Crippen MR) is 62.2 cm³/mol. The van der Waals surface area contributed by atoms with Gasteiger partial charge >= 0.3 is 19.7 Å². The van der Waals surface area contributed by atoms with Crippen LogP contribution in [0.1, 0.15) is 5.56 Å². The van der Waals surface area contributed by atoms with Crippen molar-refractivity contribution in [1.82, 2.24) is 0 Å². The number of hydrogen-bond donors (Lipinski definition) is 1. The Hall–Kier alpha value is -2.24. The van der Waals surface area contributed by atoms with E-state index in [1.807, 2.05) is 0 Å². The van der Waals surface area contributed by atoms with E-state index in [0.29, 0.717) is 7.11 Å². The van der Waals surface area contributed by atoms with Gasteiger partial charge in [0, 0.05) is 13.2 Å². The van der Waals surface area contributed by atoms with Crippen LogP contribution in [-0.2, 0) is 15.3 Å². The molecule has 0 saturated carbocycles. The molecule has 1 aromatic rings. The van der Waals surface area contributed by atoms with Gasteiger partial charge in [-0.15, -0.1) is 0 Å². The van der Waals surface area contributed by atoms with Gasteiger partial charge in [0.15, 0.2) is 0 Å². The number of hydrogen-bond acceptors (Lipinski definition) is 7. The number of nitro groups is 2. The number of halogens is 3.